The van der Waals surface area contributed by atoms with E-state index in [4.69, 9.17) is 4.74 Å². The lowest BCUT2D eigenvalue weighted by Crippen LogP contribution is -2.51. The van der Waals surface area contributed by atoms with Crippen molar-refractivity contribution >= 4 is 17.3 Å². The molecule has 1 aromatic carbocycles. The molecule has 0 radical (unpaired) electrons. The molecule has 2 saturated heterocycles. The highest BCUT2D eigenvalue weighted by atomic mass is 16.5. The number of hydrogen-bond acceptors (Lipinski definition) is 4. The van der Waals surface area contributed by atoms with Gasteiger partial charge < -0.3 is 20.7 Å². The first-order chi connectivity index (χ1) is 9.79. The van der Waals surface area contributed by atoms with E-state index in [1.165, 1.54) is 0 Å². The molecule has 4 unspecified atom stereocenters. The van der Waals surface area contributed by atoms with Gasteiger partial charge in [0.05, 0.1) is 29.6 Å². The summed E-state index contributed by atoms with van der Waals surface area (Å²) in [5.41, 5.74) is 2.04. The van der Waals surface area contributed by atoms with Gasteiger partial charge in [0.2, 0.25) is 5.91 Å². The number of ether oxygens (including phenoxy) is 1. The van der Waals surface area contributed by atoms with E-state index in [-0.39, 0.29) is 24.1 Å². The van der Waals surface area contributed by atoms with Gasteiger partial charge >= 0.3 is 0 Å². The highest BCUT2D eigenvalue weighted by Crippen LogP contribution is 2.34. The molecule has 0 aliphatic carbocycles. The number of amides is 1. The topological polar surface area (TPSA) is 62.4 Å². The second kappa shape index (κ2) is 4.66. The van der Waals surface area contributed by atoms with Crippen molar-refractivity contribution in [2.45, 2.75) is 43.6 Å². The minimum Gasteiger partial charge on any atom is -0.381 e. The van der Waals surface area contributed by atoms with Crippen molar-refractivity contribution in [2.75, 3.05) is 17.2 Å². The molecule has 2 bridgehead atoms. The van der Waals surface area contributed by atoms with E-state index in [9.17, 15) is 4.79 Å². The lowest BCUT2D eigenvalue weighted by atomic mass is 9.95. The van der Waals surface area contributed by atoms with Crippen LogP contribution >= 0.6 is 0 Å². The summed E-state index contributed by atoms with van der Waals surface area (Å²) < 4.78 is 5.78. The largest absolute Gasteiger partial charge is 0.381 e. The maximum Gasteiger partial charge on any atom is 0.244 e. The molecule has 5 nitrogen and oxygen atoms in total. The molecule has 0 aromatic heterocycles. The molecular weight excluding hydrogens is 254 g/mol. The van der Waals surface area contributed by atoms with Gasteiger partial charge in [0, 0.05) is 6.54 Å². The van der Waals surface area contributed by atoms with E-state index in [2.05, 4.69) is 16.0 Å². The van der Waals surface area contributed by atoms with Gasteiger partial charge in [-0.1, -0.05) is 12.1 Å². The minimum atomic E-state index is -0.218. The predicted octanol–water partition coefficient (Wildman–Crippen LogP) is 1.33. The van der Waals surface area contributed by atoms with Crippen LogP contribution in [0.1, 0.15) is 19.3 Å². The van der Waals surface area contributed by atoms with Crippen molar-refractivity contribution in [3.8, 4) is 0 Å². The van der Waals surface area contributed by atoms with Crippen LogP contribution in [0.3, 0.4) is 0 Å². The van der Waals surface area contributed by atoms with Gasteiger partial charge in [-0.2, -0.15) is 0 Å². The summed E-state index contributed by atoms with van der Waals surface area (Å²) in [6.07, 6.45) is 3.78. The van der Waals surface area contributed by atoms with Crippen LogP contribution in [0.25, 0.3) is 0 Å². The van der Waals surface area contributed by atoms with Crippen molar-refractivity contribution in [3.05, 3.63) is 24.3 Å². The number of carbonyl (C=O) groups is 1. The van der Waals surface area contributed by atoms with Gasteiger partial charge in [-0.25, -0.2) is 0 Å². The number of para-hydroxylation sites is 2. The molecule has 20 heavy (non-hydrogen) atoms. The lowest BCUT2D eigenvalue weighted by Gasteiger charge is -2.29. The van der Waals surface area contributed by atoms with Crippen LogP contribution in [0.15, 0.2) is 24.3 Å². The summed E-state index contributed by atoms with van der Waals surface area (Å²) in [7, 11) is 0. The monoisotopic (exact) mass is 273 g/mol. The molecule has 5 heteroatoms. The second-order valence-electron chi connectivity index (χ2n) is 5.85. The van der Waals surface area contributed by atoms with Crippen LogP contribution in [-0.4, -0.2) is 36.7 Å². The molecule has 106 valence electrons. The van der Waals surface area contributed by atoms with E-state index in [0.29, 0.717) is 12.6 Å². The summed E-state index contributed by atoms with van der Waals surface area (Å²) in [5.74, 6) is 0.0631. The van der Waals surface area contributed by atoms with Crippen molar-refractivity contribution in [2.24, 2.45) is 0 Å². The van der Waals surface area contributed by atoms with Gasteiger partial charge in [0.25, 0.3) is 0 Å². The Bertz CT molecular complexity index is 534. The Balaban J connectivity index is 1.40. The van der Waals surface area contributed by atoms with E-state index in [1.54, 1.807) is 0 Å². The Kier molecular flexibility index (Phi) is 2.80. The summed E-state index contributed by atoms with van der Waals surface area (Å²) in [4.78, 5) is 12.4. The van der Waals surface area contributed by atoms with E-state index < -0.39 is 0 Å². The molecule has 4 atom stereocenters. The number of carbonyl (C=O) groups excluding carboxylic acids is 1. The number of nitrogens with one attached hydrogen (secondary N) is 3. The van der Waals surface area contributed by atoms with E-state index >= 15 is 0 Å². The molecule has 3 N–H and O–H groups in total. The van der Waals surface area contributed by atoms with E-state index in [1.807, 2.05) is 24.3 Å². The Morgan fingerprint density at radius 1 is 1.25 bits per heavy atom. The summed E-state index contributed by atoms with van der Waals surface area (Å²) in [5, 5.41) is 9.74. The molecule has 2 fully saturated rings. The van der Waals surface area contributed by atoms with Crippen molar-refractivity contribution in [3.63, 3.8) is 0 Å². The quantitative estimate of drug-likeness (QED) is 0.761. The van der Waals surface area contributed by atoms with Crippen molar-refractivity contribution in [1.29, 1.82) is 0 Å². The molecule has 3 aliphatic rings. The van der Waals surface area contributed by atoms with Crippen LogP contribution in [0.2, 0.25) is 0 Å². The van der Waals surface area contributed by atoms with Crippen LogP contribution in [-0.2, 0) is 9.53 Å². The Labute approximate surface area is 118 Å². The summed E-state index contributed by atoms with van der Waals surface area (Å²) in [6.45, 7) is 0.616. The van der Waals surface area contributed by atoms with Gasteiger partial charge in [-0.3, -0.25) is 4.79 Å². The van der Waals surface area contributed by atoms with Gasteiger partial charge in [0.1, 0.15) is 6.04 Å². The summed E-state index contributed by atoms with van der Waals surface area (Å²) in [6, 6.07) is 7.94. The summed E-state index contributed by atoms with van der Waals surface area (Å²) >= 11 is 0. The highest BCUT2D eigenvalue weighted by molar-refractivity contribution is 5.88. The zero-order chi connectivity index (χ0) is 13.5. The molecule has 0 spiro atoms. The smallest absolute Gasteiger partial charge is 0.244 e. The van der Waals surface area contributed by atoms with Crippen LogP contribution in [0.5, 0.6) is 0 Å². The fourth-order valence-corrected chi connectivity index (χ4v) is 3.45. The third-order valence-corrected chi connectivity index (χ3v) is 4.50. The molecule has 3 heterocycles. The van der Waals surface area contributed by atoms with Gasteiger partial charge in [-0.15, -0.1) is 0 Å². The number of hydrogen-bond donors (Lipinski definition) is 3. The normalized spacial score (nSPS) is 34.0. The first-order valence-electron chi connectivity index (χ1n) is 7.35. The predicted molar refractivity (Wildman–Crippen MR) is 76.8 cm³/mol. The Morgan fingerprint density at radius 3 is 2.85 bits per heavy atom. The van der Waals surface area contributed by atoms with Crippen LogP contribution < -0.4 is 16.0 Å². The van der Waals surface area contributed by atoms with Crippen LogP contribution in [0.4, 0.5) is 11.4 Å². The van der Waals surface area contributed by atoms with Crippen LogP contribution in [0, 0.1) is 0 Å². The fourth-order valence-electron chi connectivity index (χ4n) is 3.45. The highest BCUT2D eigenvalue weighted by Gasteiger charge is 2.42. The van der Waals surface area contributed by atoms with Gasteiger partial charge in [0.15, 0.2) is 0 Å². The maximum atomic E-state index is 12.4. The third-order valence-electron chi connectivity index (χ3n) is 4.50. The van der Waals surface area contributed by atoms with Gasteiger partial charge in [-0.05, 0) is 31.4 Å². The van der Waals surface area contributed by atoms with E-state index in [0.717, 1.165) is 30.6 Å². The molecular formula is C15H19N3O2. The molecule has 3 aliphatic heterocycles. The third kappa shape index (κ3) is 2.02. The number of rotatable bonds is 2. The Morgan fingerprint density at radius 2 is 2.10 bits per heavy atom. The fraction of sp³-hybridized carbons (Fsp3) is 0.533. The first kappa shape index (κ1) is 12.0. The van der Waals surface area contributed by atoms with Crippen molar-refractivity contribution in [1.82, 2.24) is 5.32 Å². The lowest BCUT2D eigenvalue weighted by molar-refractivity contribution is -0.122. The zero-order valence-electron chi connectivity index (χ0n) is 11.3. The zero-order valence-corrected chi connectivity index (χ0v) is 11.3. The molecule has 0 saturated carbocycles. The molecule has 4 rings (SSSR count). The Hall–Kier alpha value is -1.75. The SMILES string of the molecule is O=C(NC1CC2CCC1O2)C1CNc2ccccc2N1. The van der Waals surface area contributed by atoms with Crippen molar-refractivity contribution < 1.29 is 9.53 Å². The second-order valence-corrected chi connectivity index (χ2v) is 5.85. The average Bonchev–Trinajstić information content (AvgIpc) is 3.09. The number of anilines is 2. The standard InChI is InChI=1S/C15H19N3O2/c19-15(18-12-7-9-5-6-14(12)20-9)13-8-16-10-3-1-2-4-11(10)17-13/h1-4,9,12-14,16-17H,5-8H2,(H,18,19). The first-order valence-corrected chi connectivity index (χ1v) is 7.35. The average molecular weight is 273 g/mol. The number of fused-ring (bicyclic) bond motifs is 3. The maximum absolute atomic E-state index is 12.4. The number of benzene rings is 1. The molecule has 1 amide bonds. The molecule has 1 aromatic rings. The minimum absolute atomic E-state index is 0.0631.